The van der Waals surface area contributed by atoms with Gasteiger partial charge in [0.05, 0.1) is 0 Å². The van der Waals surface area contributed by atoms with Crippen molar-refractivity contribution in [3.05, 3.63) is 59.6 Å². The molecule has 0 aliphatic carbocycles. The van der Waals surface area contributed by atoms with Gasteiger partial charge in [-0.05, 0) is 30.3 Å². The molecule has 0 N–H and O–H groups in total. The number of thioether (sulfide) groups is 1. The molecule has 21 heavy (non-hydrogen) atoms. The van der Waals surface area contributed by atoms with Crippen LogP contribution in [0.2, 0.25) is 5.02 Å². The van der Waals surface area contributed by atoms with Crippen molar-refractivity contribution in [3.63, 3.8) is 0 Å². The molecule has 0 radical (unpaired) electrons. The minimum atomic E-state index is 0.814. The van der Waals surface area contributed by atoms with Gasteiger partial charge in [0, 0.05) is 47.7 Å². The first-order valence-electron chi connectivity index (χ1n) is 7.22. The van der Waals surface area contributed by atoms with Crippen LogP contribution in [0.5, 0.6) is 0 Å². The Morgan fingerprint density at radius 2 is 1.67 bits per heavy atom. The third kappa shape index (κ3) is 4.16. The molecule has 2 aromatic rings. The number of halogens is 1. The van der Waals surface area contributed by atoms with Crippen LogP contribution in [0.15, 0.2) is 59.5 Å². The highest BCUT2D eigenvalue weighted by Gasteiger charge is 2.17. The summed E-state index contributed by atoms with van der Waals surface area (Å²) < 4.78 is 0. The Bertz CT molecular complexity index is 568. The van der Waals surface area contributed by atoms with Crippen LogP contribution in [0.3, 0.4) is 0 Å². The lowest BCUT2D eigenvalue weighted by Gasteiger charge is -2.35. The quantitative estimate of drug-likeness (QED) is 0.780. The highest BCUT2D eigenvalue weighted by atomic mass is 35.5. The Labute approximate surface area is 135 Å². The summed E-state index contributed by atoms with van der Waals surface area (Å²) in [5, 5.41) is 0.814. The molecular formula is C17H19ClN2S. The zero-order valence-corrected chi connectivity index (χ0v) is 13.5. The van der Waals surface area contributed by atoms with Crippen LogP contribution in [0, 0.1) is 0 Å². The summed E-state index contributed by atoms with van der Waals surface area (Å²) in [6, 6.07) is 18.7. The third-order valence-corrected chi connectivity index (χ3v) is 5.04. The minimum absolute atomic E-state index is 0.814. The highest BCUT2D eigenvalue weighted by Crippen LogP contribution is 2.23. The van der Waals surface area contributed by atoms with E-state index in [9.17, 15) is 0 Å². The van der Waals surface area contributed by atoms with E-state index in [-0.39, 0.29) is 0 Å². The van der Waals surface area contributed by atoms with E-state index in [2.05, 4.69) is 52.3 Å². The van der Waals surface area contributed by atoms with Crippen LogP contribution in [0.25, 0.3) is 0 Å². The first-order chi connectivity index (χ1) is 10.3. The lowest BCUT2D eigenvalue weighted by Crippen LogP contribution is -2.46. The minimum Gasteiger partial charge on any atom is -0.369 e. The monoisotopic (exact) mass is 318 g/mol. The van der Waals surface area contributed by atoms with Gasteiger partial charge in [-0.1, -0.05) is 35.9 Å². The summed E-state index contributed by atoms with van der Waals surface area (Å²) >= 11 is 7.98. The number of benzene rings is 2. The second-order valence-corrected chi connectivity index (χ2v) is 6.63. The van der Waals surface area contributed by atoms with Gasteiger partial charge in [-0.25, -0.2) is 0 Å². The Morgan fingerprint density at radius 3 is 2.38 bits per heavy atom. The molecule has 0 spiro atoms. The van der Waals surface area contributed by atoms with E-state index >= 15 is 0 Å². The number of hydrogen-bond acceptors (Lipinski definition) is 3. The van der Waals surface area contributed by atoms with Crippen molar-refractivity contribution in [2.75, 3.05) is 37.0 Å². The molecule has 1 fully saturated rings. The van der Waals surface area contributed by atoms with Gasteiger partial charge in [-0.15, -0.1) is 11.8 Å². The van der Waals surface area contributed by atoms with Crippen LogP contribution in [-0.2, 0) is 0 Å². The van der Waals surface area contributed by atoms with Crippen LogP contribution >= 0.6 is 23.4 Å². The second kappa shape index (κ2) is 7.21. The molecule has 0 bridgehead atoms. The van der Waals surface area contributed by atoms with Crippen LogP contribution in [-0.4, -0.2) is 37.0 Å². The number of piperazine rings is 1. The molecule has 2 nitrogen and oxygen atoms in total. The summed E-state index contributed by atoms with van der Waals surface area (Å²) in [4.78, 5) is 6.27. The zero-order valence-electron chi connectivity index (χ0n) is 11.9. The molecule has 1 heterocycles. The van der Waals surface area contributed by atoms with Crippen LogP contribution in [0.1, 0.15) is 0 Å². The van der Waals surface area contributed by atoms with Gasteiger partial charge in [-0.3, -0.25) is 4.90 Å². The van der Waals surface area contributed by atoms with Gasteiger partial charge in [-0.2, -0.15) is 0 Å². The standard InChI is InChI=1S/C17H19ClN2S/c18-15-5-4-6-16(13-15)20-11-9-19(10-12-20)14-21-17-7-2-1-3-8-17/h1-8,13H,9-12,14H2. The highest BCUT2D eigenvalue weighted by molar-refractivity contribution is 7.99. The molecule has 0 saturated carbocycles. The molecular weight excluding hydrogens is 300 g/mol. The smallest absolute Gasteiger partial charge is 0.0493 e. The number of rotatable bonds is 4. The van der Waals surface area contributed by atoms with Gasteiger partial charge in [0.1, 0.15) is 0 Å². The normalized spacial score (nSPS) is 16.1. The number of anilines is 1. The fourth-order valence-corrected chi connectivity index (χ4v) is 3.61. The first kappa shape index (κ1) is 14.8. The topological polar surface area (TPSA) is 6.48 Å². The molecule has 1 aliphatic rings. The van der Waals surface area contributed by atoms with Crippen LogP contribution in [0.4, 0.5) is 5.69 Å². The maximum Gasteiger partial charge on any atom is 0.0493 e. The largest absolute Gasteiger partial charge is 0.369 e. The molecule has 0 aromatic heterocycles. The second-order valence-electron chi connectivity index (χ2n) is 5.17. The molecule has 1 saturated heterocycles. The molecule has 0 amide bonds. The van der Waals surface area contributed by atoms with Gasteiger partial charge < -0.3 is 4.90 Å². The molecule has 0 unspecified atom stereocenters. The molecule has 110 valence electrons. The molecule has 4 heteroatoms. The van der Waals surface area contributed by atoms with Crippen LogP contribution < -0.4 is 4.90 Å². The predicted molar refractivity (Wildman–Crippen MR) is 92.4 cm³/mol. The van der Waals surface area contributed by atoms with E-state index in [1.165, 1.54) is 10.6 Å². The third-order valence-electron chi connectivity index (χ3n) is 3.70. The van der Waals surface area contributed by atoms with E-state index in [1.807, 2.05) is 23.9 Å². The summed E-state index contributed by atoms with van der Waals surface area (Å²) in [5.74, 6) is 1.06. The van der Waals surface area contributed by atoms with E-state index < -0.39 is 0 Å². The molecule has 3 rings (SSSR count). The lowest BCUT2D eigenvalue weighted by molar-refractivity contribution is 0.301. The van der Waals surface area contributed by atoms with Crippen molar-refractivity contribution >= 4 is 29.1 Å². The Kier molecular flexibility index (Phi) is 5.07. The summed E-state index contributed by atoms with van der Waals surface area (Å²) in [7, 11) is 0. The summed E-state index contributed by atoms with van der Waals surface area (Å²) in [6.07, 6.45) is 0. The maximum absolute atomic E-state index is 6.07. The van der Waals surface area contributed by atoms with Crippen molar-refractivity contribution in [2.24, 2.45) is 0 Å². The zero-order chi connectivity index (χ0) is 14.5. The van der Waals surface area contributed by atoms with E-state index in [4.69, 9.17) is 11.6 Å². The molecule has 2 aromatic carbocycles. The van der Waals surface area contributed by atoms with Crippen molar-refractivity contribution in [2.45, 2.75) is 4.90 Å². The van der Waals surface area contributed by atoms with Gasteiger partial charge in [0.15, 0.2) is 0 Å². The van der Waals surface area contributed by atoms with E-state index in [0.717, 1.165) is 37.1 Å². The van der Waals surface area contributed by atoms with E-state index in [1.54, 1.807) is 0 Å². The maximum atomic E-state index is 6.07. The fourth-order valence-electron chi connectivity index (χ4n) is 2.49. The lowest BCUT2D eigenvalue weighted by atomic mass is 10.2. The summed E-state index contributed by atoms with van der Waals surface area (Å²) in [6.45, 7) is 4.34. The Hall–Kier alpha value is -1.16. The van der Waals surface area contributed by atoms with Crippen molar-refractivity contribution in [3.8, 4) is 0 Å². The molecule has 1 aliphatic heterocycles. The Balaban J connectivity index is 1.49. The Morgan fingerprint density at radius 1 is 0.905 bits per heavy atom. The van der Waals surface area contributed by atoms with Crippen molar-refractivity contribution < 1.29 is 0 Å². The van der Waals surface area contributed by atoms with Gasteiger partial charge in [0.25, 0.3) is 0 Å². The number of nitrogens with zero attached hydrogens (tertiary/aromatic N) is 2. The summed E-state index contributed by atoms with van der Waals surface area (Å²) in [5.41, 5.74) is 1.23. The van der Waals surface area contributed by atoms with E-state index in [0.29, 0.717) is 0 Å². The average molecular weight is 319 g/mol. The SMILES string of the molecule is Clc1cccc(N2CCN(CSc3ccccc3)CC2)c1. The predicted octanol–water partition coefficient (Wildman–Crippen LogP) is 4.21. The van der Waals surface area contributed by atoms with Gasteiger partial charge in [0.2, 0.25) is 0 Å². The first-order valence-corrected chi connectivity index (χ1v) is 8.58. The van der Waals surface area contributed by atoms with Gasteiger partial charge >= 0.3 is 0 Å². The van der Waals surface area contributed by atoms with Crippen molar-refractivity contribution in [1.82, 2.24) is 4.90 Å². The number of hydrogen-bond donors (Lipinski definition) is 0. The average Bonchev–Trinajstić information content (AvgIpc) is 2.54. The van der Waals surface area contributed by atoms with Crippen molar-refractivity contribution in [1.29, 1.82) is 0 Å². The fraction of sp³-hybridized carbons (Fsp3) is 0.294. The molecule has 0 atom stereocenters.